The highest BCUT2D eigenvalue weighted by molar-refractivity contribution is 6.04. The monoisotopic (exact) mass is 370 g/mol. The van der Waals surface area contributed by atoms with Gasteiger partial charge in [-0.2, -0.15) is 0 Å². The summed E-state index contributed by atoms with van der Waals surface area (Å²) < 4.78 is 5.00. The van der Waals surface area contributed by atoms with Crippen molar-refractivity contribution in [2.45, 2.75) is 26.7 Å². The second-order valence-corrected chi connectivity index (χ2v) is 6.96. The van der Waals surface area contributed by atoms with Crippen molar-refractivity contribution >= 4 is 23.5 Å². The Balaban J connectivity index is 1.69. The number of nitrogens with zero attached hydrogens (tertiary/aromatic N) is 1. The van der Waals surface area contributed by atoms with Crippen molar-refractivity contribution in [3.63, 3.8) is 0 Å². The van der Waals surface area contributed by atoms with Crippen molar-refractivity contribution in [3.05, 3.63) is 53.0 Å². The number of carbonyl (C=O) groups excluding carboxylic acids is 2. The zero-order valence-electron chi connectivity index (χ0n) is 15.3. The number of carbonyl (C=O) groups is 3. The predicted octanol–water partition coefficient (Wildman–Crippen LogP) is 3.41. The number of benzene rings is 1. The number of hydrogen-bond acceptors (Lipinski definition) is 4. The fourth-order valence-electron chi connectivity index (χ4n) is 3.08. The van der Waals surface area contributed by atoms with Gasteiger partial charge in [-0.05, 0) is 49.4 Å². The summed E-state index contributed by atoms with van der Waals surface area (Å²) in [5.41, 5.74) is 1.78. The average Bonchev–Trinajstić information content (AvgIpc) is 3.14. The zero-order chi connectivity index (χ0) is 19.6. The molecule has 2 N–H and O–H groups in total. The van der Waals surface area contributed by atoms with E-state index in [1.165, 1.54) is 6.07 Å². The lowest BCUT2D eigenvalue weighted by molar-refractivity contribution is 0.0687. The first kappa shape index (κ1) is 18.7. The Morgan fingerprint density at radius 2 is 1.85 bits per heavy atom. The highest BCUT2D eigenvalue weighted by atomic mass is 16.4. The lowest BCUT2D eigenvalue weighted by atomic mass is 9.98. The van der Waals surface area contributed by atoms with Gasteiger partial charge in [0.1, 0.15) is 6.26 Å². The van der Waals surface area contributed by atoms with E-state index in [0.717, 1.165) is 37.8 Å². The molecule has 2 heterocycles. The molecule has 0 radical (unpaired) electrons. The van der Waals surface area contributed by atoms with Crippen LogP contribution < -0.4 is 5.32 Å². The molecule has 2 amide bonds. The summed E-state index contributed by atoms with van der Waals surface area (Å²) in [6.07, 6.45) is 3.05. The molecule has 142 valence electrons. The highest BCUT2D eigenvalue weighted by Crippen LogP contribution is 2.22. The number of amides is 2. The topological polar surface area (TPSA) is 99.9 Å². The number of aromatic carboxylic acids is 1. The standard InChI is InChI=1S/C20H22N2O5/c1-12-5-7-22(8-6-12)19(24)14-3-4-16(13(2)9-14)21-18(23)17-10-15(11-27-17)20(25)26/h3-4,9-12H,5-8H2,1-2H3,(H,21,23)(H,25,26). The van der Waals surface area contributed by atoms with Gasteiger partial charge in [-0.25, -0.2) is 4.79 Å². The van der Waals surface area contributed by atoms with Crippen LogP contribution in [0.5, 0.6) is 0 Å². The summed E-state index contributed by atoms with van der Waals surface area (Å²) in [6, 6.07) is 6.28. The maximum atomic E-state index is 12.6. The van der Waals surface area contributed by atoms with Gasteiger partial charge in [0.05, 0.1) is 5.56 Å². The molecular formula is C20H22N2O5. The summed E-state index contributed by atoms with van der Waals surface area (Å²) in [4.78, 5) is 37.6. The molecule has 1 fully saturated rings. The number of hydrogen-bond donors (Lipinski definition) is 2. The third-order valence-electron chi connectivity index (χ3n) is 4.86. The number of furan rings is 1. The van der Waals surface area contributed by atoms with Crippen LogP contribution in [0.4, 0.5) is 5.69 Å². The van der Waals surface area contributed by atoms with Crippen LogP contribution in [0, 0.1) is 12.8 Å². The Hall–Kier alpha value is -3.09. The van der Waals surface area contributed by atoms with Crippen molar-refractivity contribution in [1.82, 2.24) is 4.90 Å². The summed E-state index contributed by atoms with van der Waals surface area (Å²) >= 11 is 0. The molecule has 1 aliphatic heterocycles. The molecule has 2 aromatic rings. The molecule has 1 saturated heterocycles. The Morgan fingerprint density at radius 1 is 1.15 bits per heavy atom. The number of rotatable bonds is 4. The largest absolute Gasteiger partial charge is 0.478 e. The first-order chi connectivity index (χ1) is 12.8. The Kier molecular flexibility index (Phi) is 5.30. The lowest BCUT2D eigenvalue weighted by Gasteiger charge is -2.30. The Labute approximate surface area is 157 Å². The molecule has 1 aromatic heterocycles. The Bertz CT molecular complexity index is 878. The van der Waals surface area contributed by atoms with Gasteiger partial charge in [-0.1, -0.05) is 6.92 Å². The van der Waals surface area contributed by atoms with Gasteiger partial charge in [0, 0.05) is 30.4 Å². The van der Waals surface area contributed by atoms with Gasteiger partial charge in [0.2, 0.25) is 0 Å². The second-order valence-electron chi connectivity index (χ2n) is 6.96. The van der Waals surface area contributed by atoms with E-state index in [9.17, 15) is 14.4 Å². The first-order valence-electron chi connectivity index (χ1n) is 8.88. The number of nitrogens with one attached hydrogen (secondary N) is 1. The summed E-state index contributed by atoms with van der Waals surface area (Å²) in [7, 11) is 0. The molecule has 0 bridgehead atoms. The summed E-state index contributed by atoms with van der Waals surface area (Å²) in [5, 5.41) is 11.6. The number of carboxylic acids is 1. The molecule has 0 saturated carbocycles. The average molecular weight is 370 g/mol. The van der Waals surface area contributed by atoms with Crippen molar-refractivity contribution < 1.29 is 23.9 Å². The molecule has 0 spiro atoms. The van der Waals surface area contributed by atoms with E-state index in [1.807, 2.05) is 4.90 Å². The van der Waals surface area contributed by atoms with Gasteiger partial charge in [0.15, 0.2) is 5.76 Å². The predicted molar refractivity (Wildman–Crippen MR) is 99.1 cm³/mol. The first-order valence-corrected chi connectivity index (χ1v) is 8.88. The van der Waals surface area contributed by atoms with Gasteiger partial charge < -0.3 is 19.7 Å². The third-order valence-corrected chi connectivity index (χ3v) is 4.86. The van der Waals surface area contributed by atoms with Crippen molar-refractivity contribution in [3.8, 4) is 0 Å². The molecular weight excluding hydrogens is 348 g/mol. The van der Waals surface area contributed by atoms with Gasteiger partial charge in [-0.3, -0.25) is 9.59 Å². The third kappa shape index (κ3) is 4.19. The molecule has 27 heavy (non-hydrogen) atoms. The van der Waals surface area contributed by atoms with Crippen LogP contribution in [0.1, 0.15) is 56.6 Å². The van der Waals surface area contributed by atoms with Crippen LogP contribution in [0.3, 0.4) is 0 Å². The number of likely N-dealkylation sites (tertiary alicyclic amines) is 1. The summed E-state index contributed by atoms with van der Waals surface area (Å²) in [5.74, 6) is -1.15. The molecule has 1 aromatic carbocycles. The minimum absolute atomic E-state index is 0.0000103. The molecule has 0 aliphatic carbocycles. The van der Waals surface area contributed by atoms with Crippen molar-refractivity contribution in [2.75, 3.05) is 18.4 Å². The van der Waals surface area contributed by atoms with E-state index in [1.54, 1.807) is 25.1 Å². The number of aryl methyl sites for hydroxylation is 1. The van der Waals surface area contributed by atoms with Crippen LogP contribution in [0.2, 0.25) is 0 Å². The van der Waals surface area contributed by atoms with Crippen LogP contribution >= 0.6 is 0 Å². The van der Waals surface area contributed by atoms with Gasteiger partial charge in [-0.15, -0.1) is 0 Å². The smallest absolute Gasteiger partial charge is 0.338 e. The minimum atomic E-state index is -1.16. The molecule has 1 aliphatic rings. The lowest BCUT2D eigenvalue weighted by Crippen LogP contribution is -2.37. The molecule has 3 rings (SSSR count). The minimum Gasteiger partial charge on any atom is -0.478 e. The van der Waals surface area contributed by atoms with E-state index >= 15 is 0 Å². The van der Waals surface area contributed by atoms with E-state index in [-0.39, 0.29) is 17.2 Å². The quantitative estimate of drug-likeness (QED) is 0.859. The highest BCUT2D eigenvalue weighted by Gasteiger charge is 2.22. The number of carboxylic acid groups (broad SMARTS) is 1. The van der Waals surface area contributed by atoms with Crippen LogP contribution in [0.15, 0.2) is 34.9 Å². The number of anilines is 1. The molecule has 7 nitrogen and oxygen atoms in total. The zero-order valence-corrected chi connectivity index (χ0v) is 15.3. The normalized spacial score (nSPS) is 14.8. The van der Waals surface area contributed by atoms with E-state index in [4.69, 9.17) is 9.52 Å². The van der Waals surface area contributed by atoms with E-state index in [0.29, 0.717) is 17.2 Å². The molecule has 0 atom stereocenters. The fourth-order valence-corrected chi connectivity index (χ4v) is 3.08. The molecule has 7 heteroatoms. The van der Waals surface area contributed by atoms with Crippen LogP contribution in [0.25, 0.3) is 0 Å². The van der Waals surface area contributed by atoms with Crippen molar-refractivity contribution in [1.29, 1.82) is 0 Å². The Morgan fingerprint density at radius 3 is 2.44 bits per heavy atom. The van der Waals surface area contributed by atoms with E-state index < -0.39 is 11.9 Å². The van der Waals surface area contributed by atoms with Crippen LogP contribution in [-0.2, 0) is 0 Å². The van der Waals surface area contributed by atoms with Gasteiger partial charge in [0.25, 0.3) is 11.8 Å². The van der Waals surface area contributed by atoms with Crippen molar-refractivity contribution in [2.24, 2.45) is 5.92 Å². The summed E-state index contributed by atoms with van der Waals surface area (Å²) in [6.45, 7) is 5.53. The molecule has 0 unspecified atom stereocenters. The fraction of sp³-hybridized carbons (Fsp3) is 0.350. The van der Waals surface area contributed by atoms with E-state index in [2.05, 4.69) is 12.2 Å². The number of piperidine rings is 1. The SMILES string of the molecule is Cc1cc(C(=O)N2CCC(C)CC2)ccc1NC(=O)c1cc(C(=O)O)co1. The van der Waals surface area contributed by atoms with Crippen LogP contribution in [-0.4, -0.2) is 40.9 Å². The maximum Gasteiger partial charge on any atom is 0.338 e. The van der Waals surface area contributed by atoms with Gasteiger partial charge >= 0.3 is 5.97 Å². The second kappa shape index (κ2) is 7.65. The maximum absolute atomic E-state index is 12.6.